The maximum atomic E-state index is 2.66. The standard InChI is InChI=1S/C61H65N/c1-8-10-18-32-61(33-19-11-9-2)55-25-17-16-24-53(55)59-52-23-15-14-22-49(52)54(39-58(59)61)45-27-30-50-51-31-29-47(38-57(51)60(6,7)56(50)37-45)62(48-34-40(3)42(5)41(4)35-48)46-28-26-43-20-12-13-21-44(43)36-46/h14-17,22-31,34-39H,8-13,18-21,32-33H2,1-7H3. The highest BCUT2D eigenvalue weighted by Gasteiger charge is 2.44. The molecule has 0 fully saturated rings. The zero-order chi connectivity index (χ0) is 42.8. The van der Waals surface area contributed by atoms with Crippen molar-refractivity contribution in [1.29, 1.82) is 0 Å². The lowest BCUT2D eigenvalue weighted by Crippen LogP contribution is -2.25. The quantitative estimate of drug-likeness (QED) is 0.111. The number of aryl methyl sites for hydroxylation is 4. The number of unbranched alkanes of at least 4 members (excludes halogenated alkanes) is 4. The lowest BCUT2D eigenvalue weighted by molar-refractivity contribution is 0.405. The van der Waals surface area contributed by atoms with E-state index in [1.165, 1.54) is 177 Å². The Hall–Kier alpha value is -5.40. The van der Waals surface area contributed by atoms with Crippen LogP contribution >= 0.6 is 0 Å². The summed E-state index contributed by atoms with van der Waals surface area (Å²) in [6.07, 6.45) is 14.9. The normalized spacial score (nSPS) is 15.2. The molecule has 3 aliphatic rings. The van der Waals surface area contributed by atoms with E-state index in [4.69, 9.17) is 0 Å². The number of anilines is 3. The molecular formula is C61H65N. The van der Waals surface area contributed by atoms with Crippen molar-refractivity contribution in [2.75, 3.05) is 4.90 Å². The molecule has 3 aliphatic carbocycles. The molecule has 0 amide bonds. The van der Waals surface area contributed by atoms with Crippen LogP contribution in [0.1, 0.15) is 142 Å². The first-order valence-electron chi connectivity index (χ1n) is 24.1. The molecule has 0 spiro atoms. The molecule has 0 heterocycles. The molecule has 0 N–H and O–H groups in total. The number of hydrogen-bond acceptors (Lipinski definition) is 1. The predicted molar refractivity (Wildman–Crippen MR) is 267 cm³/mol. The van der Waals surface area contributed by atoms with Gasteiger partial charge in [-0.1, -0.05) is 139 Å². The first-order chi connectivity index (χ1) is 30.1. The molecule has 0 aliphatic heterocycles. The van der Waals surface area contributed by atoms with E-state index in [0.717, 1.165) is 0 Å². The van der Waals surface area contributed by atoms with Crippen LogP contribution in [0.25, 0.3) is 44.2 Å². The molecule has 1 heteroatoms. The Bertz CT molecular complexity index is 2820. The van der Waals surface area contributed by atoms with Gasteiger partial charge in [-0.15, -0.1) is 0 Å². The Morgan fingerprint density at radius 1 is 0.484 bits per heavy atom. The Morgan fingerprint density at radius 2 is 1.10 bits per heavy atom. The SMILES string of the molecule is CCCCCC1(CCCCC)c2ccccc2-c2c1cc(-c1ccc3c(c1)C(C)(C)c1cc(N(c4cc(C)c(C)c(C)c4)c4ccc5c(c4)CCCC5)ccc1-3)c1ccccc21. The third kappa shape index (κ3) is 6.56. The van der Waals surface area contributed by atoms with Crippen LogP contribution in [-0.4, -0.2) is 0 Å². The third-order valence-corrected chi connectivity index (χ3v) is 15.7. The second-order valence-corrected chi connectivity index (χ2v) is 19.7. The number of rotatable bonds is 12. The van der Waals surface area contributed by atoms with Crippen molar-refractivity contribution >= 4 is 27.8 Å². The largest absolute Gasteiger partial charge is 0.310 e. The molecule has 0 unspecified atom stereocenters. The van der Waals surface area contributed by atoms with E-state index in [0.29, 0.717) is 0 Å². The van der Waals surface area contributed by atoms with Crippen molar-refractivity contribution < 1.29 is 0 Å². The summed E-state index contributed by atoms with van der Waals surface area (Å²) in [5.74, 6) is 0. The van der Waals surface area contributed by atoms with Gasteiger partial charge in [0.1, 0.15) is 0 Å². The van der Waals surface area contributed by atoms with Crippen molar-refractivity contribution in [3.8, 4) is 33.4 Å². The molecule has 7 aromatic carbocycles. The lowest BCUT2D eigenvalue weighted by atomic mass is 9.70. The number of fused-ring (bicyclic) bond motifs is 9. The van der Waals surface area contributed by atoms with Crippen LogP contribution in [0.5, 0.6) is 0 Å². The molecule has 314 valence electrons. The van der Waals surface area contributed by atoms with Gasteiger partial charge in [0.2, 0.25) is 0 Å². The smallest absolute Gasteiger partial charge is 0.0467 e. The number of nitrogens with zero attached hydrogens (tertiary/aromatic N) is 1. The molecule has 0 saturated carbocycles. The van der Waals surface area contributed by atoms with Gasteiger partial charge in [-0.05, 0) is 202 Å². The predicted octanol–water partition coefficient (Wildman–Crippen LogP) is 17.5. The van der Waals surface area contributed by atoms with E-state index in [1.807, 2.05) is 0 Å². The first-order valence-corrected chi connectivity index (χ1v) is 24.1. The van der Waals surface area contributed by atoms with Crippen molar-refractivity contribution in [2.24, 2.45) is 0 Å². The number of benzene rings is 7. The van der Waals surface area contributed by atoms with Gasteiger partial charge in [0, 0.05) is 27.9 Å². The summed E-state index contributed by atoms with van der Waals surface area (Å²) < 4.78 is 0. The molecule has 0 radical (unpaired) electrons. The fourth-order valence-electron chi connectivity index (χ4n) is 12.0. The van der Waals surface area contributed by atoms with Crippen LogP contribution < -0.4 is 4.90 Å². The second-order valence-electron chi connectivity index (χ2n) is 19.7. The summed E-state index contributed by atoms with van der Waals surface area (Å²) in [5.41, 5.74) is 25.0. The fourth-order valence-corrected chi connectivity index (χ4v) is 12.0. The molecule has 0 aromatic heterocycles. The minimum absolute atomic E-state index is 0.0378. The molecule has 0 saturated heterocycles. The van der Waals surface area contributed by atoms with Crippen LogP contribution in [-0.2, 0) is 23.7 Å². The average molecular weight is 812 g/mol. The lowest BCUT2D eigenvalue weighted by Gasteiger charge is -2.33. The van der Waals surface area contributed by atoms with Crippen LogP contribution in [0.15, 0.2) is 121 Å². The van der Waals surface area contributed by atoms with Crippen LogP contribution in [0.2, 0.25) is 0 Å². The molecule has 1 nitrogen and oxygen atoms in total. The van der Waals surface area contributed by atoms with Gasteiger partial charge in [0.25, 0.3) is 0 Å². The highest BCUT2D eigenvalue weighted by Crippen LogP contribution is 2.58. The van der Waals surface area contributed by atoms with Gasteiger partial charge >= 0.3 is 0 Å². The highest BCUT2D eigenvalue weighted by atomic mass is 15.1. The third-order valence-electron chi connectivity index (χ3n) is 15.7. The maximum Gasteiger partial charge on any atom is 0.0467 e. The van der Waals surface area contributed by atoms with Gasteiger partial charge in [0.15, 0.2) is 0 Å². The van der Waals surface area contributed by atoms with E-state index < -0.39 is 0 Å². The van der Waals surface area contributed by atoms with Crippen LogP contribution in [0.3, 0.4) is 0 Å². The van der Waals surface area contributed by atoms with Gasteiger partial charge in [-0.25, -0.2) is 0 Å². The molecule has 10 rings (SSSR count). The minimum Gasteiger partial charge on any atom is -0.310 e. The average Bonchev–Trinajstić information content (AvgIpc) is 3.69. The molecule has 0 bridgehead atoms. The Morgan fingerprint density at radius 3 is 1.82 bits per heavy atom. The topological polar surface area (TPSA) is 3.24 Å². The summed E-state index contributed by atoms with van der Waals surface area (Å²) >= 11 is 0. The monoisotopic (exact) mass is 812 g/mol. The van der Waals surface area contributed by atoms with E-state index in [2.05, 4.69) is 175 Å². The van der Waals surface area contributed by atoms with Gasteiger partial charge in [0.05, 0.1) is 0 Å². The molecule has 0 atom stereocenters. The summed E-state index contributed by atoms with van der Waals surface area (Å²) in [7, 11) is 0. The van der Waals surface area contributed by atoms with Crippen molar-refractivity contribution in [2.45, 2.75) is 136 Å². The molecule has 62 heavy (non-hydrogen) atoms. The fraction of sp³-hybridized carbons (Fsp3) is 0.344. The summed E-state index contributed by atoms with van der Waals surface area (Å²) in [4.78, 5) is 2.53. The zero-order valence-electron chi connectivity index (χ0n) is 38.5. The van der Waals surface area contributed by atoms with E-state index in [1.54, 1.807) is 11.1 Å². The Balaban J connectivity index is 1.10. The van der Waals surface area contributed by atoms with Gasteiger partial charge in [-0.2, -0.15) is 0 Å². The van der Waals surface area contributed by atoms with Crippen molar-refractivity contribution in [3.05, 3.63) is 171 Å². The van der Waals surface area contributed by atoms with Crippen molar-refractivity contribution in [1.82, 2.24) is 0 Å². The van der Waals surface area contributed by atoms with Gasteiger partial charge < -0.3 is 4.90 Å². The molecular weight excluding hydrogens is 747 g/mol. The van der Waals surface area contributed by atoms with Gasteiger partial charge in [-0.3, -0.25) is 0 Å². The van der Waals surface area contributed by atoms with Crippen molar-refractivity contribution in [3.63, 3.8) is 0 Å². The van der Waals surface area contributed by atoms with E-state index in [9.17, 15) is 0 Å². The Labute approximate surface area is 372 Å². The summed E-state index contributed by atoms with van der Waals surface area (Å²) in [6, 6.07) is 48.2. The van der Waals surface area contributed by atoms with E-state index >= 15 is 0 Å². The van der Waals surface area contributed by atoms with E-state index in [-0.39, 0.29) is 10.8 Å². The number of hydrogen-bond donors (Lipinski definition) is 0. The summed E-state index contributed by atoms with van der Waals surface area (Å²) in [6.45, 7) is 16.4. The highest BCUT2D eigenvalue weighted by molar-refractivity contribution is 6.09. The van der Waals surface area contributed by atoms with Crippen LogP contribution in [0, 0.1) is 20.8 Å². The molecule has 7 aromatic rings. The van der Waals surface area contributed by atoms with Crippen LogP contribution in [0.4, 0.5) is 17.1 Å². The maximum absolute atomic E-state index is 2.66. The second kappa shape index (κ2) is 16.1. The first kappa shape index (κ1) is 40.7. The Kier molecular flexibility index (Phi) is 10.5. The minimum atomic E-state index is -0.176. The zero-order valence-corrected chi connectivity index (χ0v) is 38.5. The summed E-state index contributed by atoms with van der Waals surface area (Å²) in [5, 5.41) is 2.76.